The standard InChI is InChI=1S/C15H12BrFO4/c1-15(14(20)21)6-2-3-9(13(18)19)12(15)8-4-5-10(16)11(17)7-8/h2-7,12H,1H3,(H,18,19)(H,20,21). The summed E-state index contributed by atoms with van der Waals surface area (Å²) < 4.78 is 14.0. The van der Waals surface area contributed by atoms with Crippen LogP contribution in [0.2, 0.25) is 0 Å². The number of aliphatic carboxylic acids is 2. The minimum Gasteiger partial charge on any atom is -0.481 e. The molecule has 2 unspecified atom stereocenters. The summed E-state index contributed by atoms with van der Waals surface area (Å²) in [6.07, 6.45) is 4.17. The summed E-state index contributed by atoms with van der Waals surface area (Å²) in [6.45, 7) is 1.42. The molecule has 0 aromatic heterocycles. The van der Waals surface area contributed by atoms with Crippen LogP contribution in [-0.4, -0.2) is 22.2 Å². The van der Waals surface area contributed by atoms with E-state index in [1.807, 2.05) is 0 Å². The Labute approximate surface area is 128 Å². The van der Waals surface area contributed by atoms with E-state index < -0.39 is 29.1 Å². The third-order valence-electron chi connectivity index (χ3n) is 3.61. The second kappa shape index (κ2) is 5.44. The van der Waals surface area contributed by atoms with Crippen LogP contribution in [-0.2, 0) is 9.59 Å². The minimum atomic E-state index is -1.46. The van der Waals surface area contributed by atoms with E-state index >= 15 is 0 Å². The number of carboxylic acid groups (broad SMARTS) is 2. The molecular weight excluding hydrogens is 343 g/mol. The van der Waals surface area contributed by atoms with Crippen molar-refractivity contribution in [3.8, 4) is 0 Å². The van der Waals surface area contributed by atoms with Gasteiger partial charge in [0.15, 0.2) is 0 Å². The number of hydrogen-bond acceptors (Lipinski definition) is 2. The van der Waals surface area contributed by atoms with Gasteiger partial charge in [0.2, 0.25) is 0 Å². The van der Waals surface area contributed by atoms with E-state index in [0.29, 0.717) is 5.56 Å². The van der Waals surface area contributed by atoms with Gasteiger partial charge in [-0.05, 0) is 40.5 Å². The Bertz CT molecular complexity index is 680. The first-order valence-electron chi connectivity index (χ1n) is 6.08. The van der Waals surface area contributed by atoms with Gasteiger partial charge in [0.05, 0.1) is 9.89 Å². The fourth-order valence-corrected chi connectivity index (χ4v) is 2.72. The Balaban J connectivity index is 2.64. The van der Waals surface area contributed by atoms with Gasteiger partial charge in [0.1, 0.15) is 5.82 Å². The molecule has 0 saturated carbocycles. The predicted molar refractivity (Wildman–Crippen MR) is 77.4 cm³/mol. The van der Waals surface area contributed by atoms with Crippen molar-refractivity contribution in [2.75, 3.05) is 0 Å². The Kier molecular flexibility index (Phi) is 4.00. The van der Waals surface area contributed by atoms with Gasteiger partial charge in [0, 0.05) is 11.5 Å². The van der Waals surface area contributed by atoms with Crippen molar-refractivity contribution in [3.05, 3.63) is 57.9 Å². The molecule has 0 saturated heterocycles. The molecule has 0 radical (unpaired) electrons. The third-order valence-corrected chi connectivity index (χ3v) is 4.26. The van der Waals surface area contributed by atoms with Gasteiger partial charge in [0.25, 0.3) is 0 Å². The fraction of sp³-hybridized carbons (Fsp3) is 0.200. The lowest BCUT2D eigenvalue weighted by Crippen LogP contribution is -2.36. The van der Waals surface area contributed by atoms with Crippen LogP contribution in [0.5, 0.6) is 0 Å². The van der Waals surface area contributed by atoms with Crippen molar-refractivity contribution in [1.29, 1.82) is 0 Å². The van der Waals surface area contributed by atoms with E-state index in [9.17, 15) is 24.2 Å². The van der Waals surface area contributed by atoms with E-state index in [1.165, 1.54) is 37.3 Å². The summed E-state index contributed by atoms with van der Waals surface area (Å²) >= 11 is 3.02. The maximum Gasteiger partial charge on any atom is 0.332 e. The molecule has 0 heterocycles. The lowest BCUT2D eigenvalue weighted by Gasteiger charge is -2.34. The smallest absolute Gasteiger partial charge is 0.332 e. The maximum atomic E-state index is 13.7. The van der Waals surface area contributed by atoms with Gasteiger partial charge in [-0.2, -0.15) is 0 Å². The molecule has 2 N–H and O–H groups in total. The van der Waals surface area contributed by atoms with Crippen LogP contribution in [0.15, 0.2) is 46.5 Å². The molecule has 1 aromatic rings. The molecule has 1 aromatic carbocycles. The summed E-state index contributed by atoms with van der Waals surface area (Å²) in [4.78, 5) is 23.0. The van der Waals surface area contributed by atoms with Crippen molar-refractivity contribution in [3.63, 3.8) is 0 Å². The van der Waals surface area contributed by atoms with Crippen molar-refractivity contribution < 1.29 is 24.2 Å². The second-order valence-electron chi connectivity index (χ2n) is 4.98. The zero-order valence-electron chi connectivity index (χ0n) is 11.0. The zero-order chi connectivity index (χ0) is 15.8. The average molecular weight is 355 g/mol. The van der Waals surface area contributed by atoms with E-state index in [4.69, 9.17) is 0 Å². The van der Waals surface area contributed by atoms with Gasteiger partial charge in [-0.25, -0.2) is 9.18 Å². The number of carbonyl (C=O) groups is 2. The van der Waals surface area contributed by atoms with Crippen molar-refractivity contribution in [2.45, 2.75) is 12.8 Å². The highest BCUT2D eigenvalue weighted by atomic mass is 79.9. The number of hydrogen-bond donors (Lipinski definition) is 2. The Morgan fingerprint density at radius 2 is 2.00 bits per heavy atom. The van der Waals surface area contributed by atoms with Crippen LogP contribution in [0.4, 0.5) is 4.39 Å². The lowest BCUT2D eigenvalue weighted by atomic mass is 9.67. The van der Waals surface area contributed by atoms with E-state index in [2.05, 4.69) is 15.9 Å². The predicted octanol–water partition coefficient (Wildman–Crippen LogP) is 3.34. The topological polar surface area (TPSA) is 74.6 Å². The van der Waals surface area contributed by atoms with E-state index in [0.717, 1.165) is 6.07 Å². The number of allylic oxidation sites excluding steroid dienone is 2. The average Bonchev–Trinajstić information content (AvgIpc) is 2.41. The highest BCUT2D eigenvalue weighted by Gasteiger charge is 2.45. The highest BCUT2D eigenvalue weighted by molar-refractivity contribution is 9.10. The zero-order valence-corrected chi connectivity index (χ0v) is 12.6. The largest absolute Gasteiger partial charge is 0.481 e. The van der Waals surface area contributed by atoms with Crippen LogP contribution in [0.3, 0.4) is 0 Å². The van der Waals surface area contributed by atoms with Gasteiger partial charge in [-0.15, -0.1) is 0 Å². The van der Waals surface area contributed by atoms with Gasteiger partial charge in [-0.3, -0.25) is 4.79 Å². The first kappa shape index (κ1) is 15.4. The normalized spacial score (nSPS) is 24.5. The van der Waals surface area contributed by atoms with Crippen molar-refractivity contribution >= 4 is 27.9 Å². The SMILES string of the molecule is CC1(C(=O)O)C=CC=C(C(=O)O)C1c1ccc(Br)c(F)c1. The molecule has 0 fully saturated rings. The minimum absolute atomic E-state index is 0.0795. The van der Waals surface area contributed by atoms with Gasteiger partial charge < -0.3 is 10.2 Å². The van der Waals surface area contributed by atoms with Gasteiger partial charge >= 0.3 is 11.9 Å². The summed E-state index contributed by atoms with van der Waals surface area (Å²) in [6, 6.07) is 4.12. The van der Waals surface area contributed by atoms with Gasteiger partial charge in [-0.1, -0.05) is 24.3 Å². The van der Waals surface area contributed by atoms with Crippen LogP contribution >= 0.6 is 15.9 Å². The highest BCUT2D eigenvalue weighted by Crippen LogP contribution is 2.45. The van der Waals surface area contributed by atoms with Crippen molar-refractivity contribution in [1.82, 2.24) is 0 Å². The third kappa shape index (κ3) is 2.63. The number of carboxylic acids is 2. The number of halogens is 2. The molecule has 4 nitrogen and oxygen atoms in total. The monoisotopic (exact) mass is 354 g/mol. The fourth-order valence-electron chi connectivity index (χ4n) is 2.47. The van der Waals surface area contributed by atoms with E-state index in [1.54, 1.807) is 0 Å². The quantitative estimate of drug-likeness (QED) is 0.872. The first-order chi connectivity index (χ1) is 9.77. The lowest BCUT2D eigenvalue weighted by molar-refractivity contribution is -0.146. The Morgan fingerprint density at radius 3 is 2.52 bits per heavy atom. The summed E-state index contributed by atoms with van der Waals surface area (Å²) in [5.41, 5.74) is -1.23. The molecule has 1 aliphatic rings. The molecule has 0 bridgehead atoms. The first-order valence-corrected chi connectivity index (χ1v) is 6.87. The molecule has 2 rings (SSSR count). The summed E-state index contributed by atoms with van der Waals surface area (Å²) in [5.74, 6) is -3.93. The molecular formula is C15H12BrFO4. The molecule has 6 heteroatoms. The van der Waals surface area contributed by atoms with Crippen LogP contribution in [0, 0.1) is 11.2 Å². The molecule has 0 amide bonds. The molecule has 110 valence electrons. The maximum absolute atomic E-state index is 13.7. The number of rotatable bonds is 3. The number of benzene rings is 1. The van der Waals surface area contributed by atoms with Crippen molar-refractivity contribution in [2.24, 2.45) is 5.41 Å². The second-order valence-corrected chi connectivity index (χ2v) is 5.84. The molecule has 21 heavy (non-hydrogen) atoms. The molecule has 1 aliphatic carbocycles. The Morgan fingerprint density at radius 1 is 1.33 bits per heavy atom. The Hall–Kier alpha value is -1.95. The molecule has 0 spiro atoms. The van der Waals surface area contributed by atoms with Crippen LogP contribution in [0.25, 0.3) is 0 Å². The molecule has 0 aliphatic heterocycles. The molecule has 2 atom stereocenters. The summed E-state index contributed by atoms with van der Waals surface area (Å²) in [7, 11) is 0. The van der Waals surface area contributed by atoms with Crippen LogP contribution in [0.1, 0.15) is 18.4 Å². The van der Waals surface area contributed by atoms with Crippen LogP contribution < -0.4 is 0 Å². The van der Waals surface area contributed by atoms with E-state index in [-0.39, 0.29) is 10.0 Å². The summed E-state index contributed by atoms with van der Waals surface area (Å²) in [5, 5.41) is 18.8.